The first kappa shape index (κ1) is 19.3. The lowest BCUT2D eigenvalue weighted by Gasteiger charge is -2.42. The number of nitrogens with two attached hydrogens (primary N) is 1. The summed E-state index contributed by atoms with van der Waals surface area (Å²) in [5.41, 5.74) is 7.65. The molecule has 2 aromatic carbocycles. The van der Waals surface area contributed by atoms with E-state index in [-0.39, 0.29) is 17.2 Å². The van der Waals surface area contributed by atoms with Gasteiger partial charge in [0.15, 0.2) is 6.10 Å². The Balaban J connectivity index is 1.65. The third-order valence-corrected chi connectivity index (χ3v) is 7.68. The molecule has 2 N–H and O–H groups in total. The number of nitrogens with zero attached hydrogens (tertiary/aromatic N) is 1. The van der Waals surface area contributed by atoms with Gasteiger partial charge in [0.05, 0.1) is 4.75 Å². The van der Waals surface area contributed by atoms with Crippen LogP contribution in [0.1, 0.15) is 24.2 Å². The van der Waals surface area contributed by atoms with E-state index in [0.29, 0.717) is 0 Å². The highest BCUT2D eigenvalue weighted by atomic mass is 35.5. The van der Waals surface area contributed by atoms with Crippen molar-refractivity contribution in [2.24, 2.45) is 5.73 Å². The van der Waals surface area contributed by atoms with E-state index in [1.807, 2.05) is 67.6 Å². The van der Waals surface area contributed by atoms with Gasteiger partial charge in [0.1, 0.15) is 17.5 Å². The quantitative estimate of drug-likeness (QED) is 0.461. The Bertz CT molecular complexity index is 842. The summed E-state index contributed by atoms with van der Waals surface area (Å²) >= 11 is 7.68. The molecule has 2 aliphatic heterocycles. The van der Waals surface area contributed by atoms with Crippen molar-refractivity contribution in [1.82, 2.24) is 4.90 Å². The van der Waals surface area contributed by atoms with Crippen LogP contribution in [0.2, 0.25) is 0 Å². The fourth-order valence-electron chi connectivity index (χ4n) is 3.78. The number of rotatable bonds is 5. The van der Waals surface area contributed by atoms with Gasteiger partial charge in [0.25, 0.3) is 0 Å². The van der Waals surface area contributed by atoms with E-state index >= 15 is 0 Å². The molecule has 7 heteroatoms. The molecule has 4 atom stereocenters. The molecule has 2 heterocycles. The molecule has 0 aliphatic carbocycles. The van der Waals surface area contributed by atoms with Crippen LogP contribution in [0.25, 0.3) is 0 Å². The second-order valence-corrected chi connectivity index (χ2v) is 9.19. The molecule has 2 aliphatic rings. The van der Waals surface area contributed by atoms with Gasteiger partial charge in [-0.1, -0.05) is 60.7 Å². The van der Waals surface area contributed by atoms with Crippen LogP contribution in [0.5, 0.6) is 0 Å². The average molecular weight is 417 g/mol. The maximum absolute atomic E-state index is 13.3. The molecule has 2 aromatic rings. The van der Waals surface area contributed by atoms with Crippen molar-refractivity contribution in [2.45, 2.75) is 35.2 Å². The monoisotopic (exact) mass is 416 g/mol. The summed E-state index contributed by atoms with van der Waals surface area (Å²) in [7, 11) is 0. The SMILES string of the molecule is CC1(CCl)S[C@H]2[C@H](N)C(=O)N2[C@H]1C(=O)OC(c1ccccc1)c1ccccc1. The standard InChI is InChI=1S/C21H21ClN2O3S/c1-21(12-22)17(24-18(25)15(23)19(24)28-21)20(26)27-16(13-8-4-2-5-9-13)14-10-6-3-7-11-14/h2-11,15-17,19H,12,23H2,1H3/t15-,17+,19+,21?/m1/s1. The number of carbonyl (C=O) groups is 2. The number of amides is 1. The van der Waals surface area contributed by atoms with Crippen LogP contribution in [0, 0.1) is 0 Å². The summed E-state index contributed by atoms with van der Waals surface area (Å²) in [6.07, 6.45) is -0.566. The highest BCUT2D eigenvalue weighted by Gasteiger charge is 2.64. The average Bonchev–Trinajstić information content (AvgIpc) is 3.03. The molecule has 0 spiro atoms. The van der Waals surface area contributed by atoms with Crippen LogP contribution >= 0.6 is 23.4 Å². The molecular weight excluding hydrogens is 396 g/mol. The highest BCUT2D eigenvalue weighted by Crippen LogP contribution is 2.51. The molecule has 0 saturated carbocycles. The van der Waals surface area contributed by atoms with Gasteiger partial charge < -0.3 is 15.4 Å². The number of alkyl halides is 1. The van der Waals surface area contributed by atoms with E-state index in [1.54, 1.807) is 0 Å². The second kappa shape index (κ2) is 7.43. The highest BCUT2D eigenvalue weighted by molar-refractivity contribution is 8.01. The van der Waals surface area contributed by atoms with Crippen LogP contribution in [-0.2, 0) is 14.3 Å². The topological polar surface area (TPSA) is 72.6 Å². The molecule has 1 amide bonds. The zero-order chi connectivity index (χ0) is 19.9. The van der Waals surface area contributed by atoms with Crippen LogP contribution in [-0.4, -0.2) is 44.9 Å². The van der Waals surface area contributed by atoms with Gasteiger partial charge in [-0.05, 0) is 18.1 Å². The van der Waals surface area contributed by atoms with Gasteiger partial charge in [-0.2, -0.15) is 0 Å². The summed E-state index contributed by atoms with van der Waals surface area (Å²) in [5.74, 6) is -0.480. The predicted octanol–water partition coefficient (Wildman–Crippen LogP) is 2.93. The molecule has 4 rings (SSSR count). The minimum absolute atomic E-state index is 0.214. The lowest BCUT2D eigenvalue weighted by molar-refractivity contribution is -0.165. The third kappa shape index (κ3) is 3.09. The lowest BCUT2D eigenvalue weighted by Crippen LogP contribution is -2.69. The van der Waals surface area contributed by atoms with Crippen molar-refractivity contribution in [1.29, 1.82) is 0 Å². The van der Waals surface area contributed by atoms with E-state index < -0.39 is 28.9 Å². The Morgan fingerprint density at radius 2 is 1.71 bits per heavy atom. The zero-order valence-corrected chi connectivity index (χ0v) is 16.9. The van der Waals surface area contributed by atoms with Crippen molar-refractivity contribution in [2.75, 3.05) is 5.88 Å². The van der Waals surface area contributed by atoms with Gasteiger partial charge >= 0.3 is 5.97 Å². The third-order valence-electron chi connectivity index (χ3n) is 5.29. The van der Waals surface area contributed by atoms with Crippen LogP contribution in [0.15, 0.2) is 60.7 Å². The van der Waals surface area contributed by atoms with Crippen molar-refractivity contribution >= 4 is 35.2 Å². The molecule has 5 nitrogen and oxygen atoms in total. The molecule has 0 bridgehead atoms. The van der Waals surface area contributed by atoms with Crippen LogP contribution in [0.4, 0.5) is 0 Å². The number of carbonyl (C=O) groups excluding carboxylic acids is 2. The molecule has 2 fully saturated rings. The fraction of sp³-hybridized carbons (Fsp3) is 0.333. The summed E-state index contributed by atoms with van der Waals surface area (Å²) < 4.78 is 5.35. The van der Waals surface area contributed by atoms with Crippen LogP contribution < -0.4 is 5.73 Å². The first-order chi connectivity index (χ1) is 13.5. The Morgan fingerprint density at radius 3 is 2.21 bits per heavy atom. The van der Waals surface area contributed by atoms with Gasteiger partial charge in [-0.3, -0.25) is 4.79 Å². The van der Waals surface area contributed by atoms with E-state index in [2.05, 4.69) is 0 Å². The maximum atomic E-state index is 13.3. The Kier molecular flexibility index (Phi) is 5.12. The summed E-state index contributed by atoms with van der Waals surface area (Å²) in [4.78, 5) is 27.1. The zero-order valence-electron chi connectivity index (χ0n) is 15.3. The first-order valence-corrected chi connectivity index (χ1v) is 10.5. The number of ether oxygens (including phenoxy) is 1. The van der Waals surface area contributed by atoms with Gasteiger partial charge in [0.2, 0.25) is 5.91 Å². The summed E-state index contributed by atoms with van der Waals surface area (Å²) in [6.45, 7) is 1.88. The number of thioether (sulfide) groups is 1. The van der Waals surface area contributed by atoms with Crippen molar-refractivity contribution in [3.63, 3.8) is 0 Å². The minimum atomic E-state index is -0.762. The van der Waals surface area contributed by atoms with Crippen molar-refractivity contribution < 1.29 is 14.3 Å². The maximum Gasteiger partial charge on any atom is 0.331 e. The molecule has 0 aromatic heterocycles. The smallest absolute Gasteiger partial charge is 0.331 e. The van der Waals surface area contributed by atoms with Gasteiger partial charge in [0, 0.05) is 5.88 Å². The summed E-state index contributed by atoms with van der Waals surface area (Å²) in [5, 5.41) is -0.235. The minimum Gasteiger partial charge on any atom is -0.451 e. The number of hydrogen-bond acceptors (Lipinski definition) is 5. The largest absolute Gasteiger partial charge is 0.451 e. The van der Waals surface area contributed by atoms with Crippen LogP contribution in [0.3, 0.4) is 0 Å². The van der Waals surface area contributed by atoms with Gasteiger partial charge in [-0.25, -0.2) is 4.79 Å². The fourth-order valence-corrected chi connectivity index (χ4v) is 5.67. The Morgan fingerprint density at radius 1 is 1.18 bits per heavy atom. The second-order valence-electron chi connectivity index (χ2n) is 7.27. The number of hydrogen-bond donors (Lipinski definition) is 1. The van der Waals surface area contributed by atoms with Gasteiger partial charge in [-0.15, -0.1) is 23.4 Å². The van der Waals surface area contributed by atoms with E-state index in [0.717, 1.165) is 11.1 Å². The Labute approximate surface area is 173 Å². The van der Waals surface area contributed by atoms with Crippen molar-refractivity contribution in [3.8, 4) is 0 Å². The molecule has 28 heavy (non-hydrogen) atoms. The Hall–Kier alpha value is -2.02. The number of fused-ring (bicyclic) bond motifs is 1. The molecule has 0 radical (unpaired) electrons. The number of β-lactam (4-membered cyclic amide) rings is 1. The van der Waals surface area contributed by atoms with E-state index in [4.69, 9.17) is 22.1 Å². The first-order valence-electron chi connectivity index (χ1n) is 9.08. The molecule has 146 valence electrons. The number of esters is 1. The number of benzene rings is 2. The number of halogens is 1. The van der Waals surface area contributed by atoms with Crippen molar-refractivity contribution in [3.05, 3.63) is 71.8 Å². The summed E-state index contributed by atoms with van der Waals surface area (Å²) in [6, 6.07) is 17.8. The predicted molar refractivity (Wildman–Crippen MR) is 110 cm³/mol. The molecule has 1 unspecified atom stereocenters. The normalized spacial score (nSPS) is 28.8. The lowest BCUT2D eigenvalue weighted by atomic mass is 9.95. The molecular formula is C21H21ClN2O3S. The van der Waals surface area contributed by atoms with E-state index in [9.17, 15) is 9.59 Å². The molecule has 2 saturated heterocycles. The van der Waals surface area contributed by atoms with E-state index in [1.165, 1.54) is 16.7 Å².